The highest BCUT2D eigenvalue weighted by atomic mass is 19.1. The number of aromatic nitrogens is 1. The number of carboxylic acids is 1. The molecule has 5 rings (SSSR count). The minimum atomic E-state index is -0.942. The highest BCUT2D eigenvalue weighted by molar-refractivity contribution is 6.05. The third-order valence-corrected chi connectivity index (χ3v) is 6.99. The number of benzene rings is 3. The van der Waals surface area contributed by atoms with Crippen molar-refractivity contribution in [1.82, 2.24) is 4.57 Å². The summed E-state index contributed by atoms with van der Waals surface area (Å²) in [6.07, 6.45) is -0.403. The van der Waals surface area contributed by atoms with Crippen molar-refractivity contribution in [2.75, 3.05) is 25.1 Å². The molecule has 0 aliphatic carbocycles. The van der Waals surface area contributed by atoms with Crippen LogP contribution in [0.25, 0.3) is 10.9 Å². The predicted molar refractivity (Wildman–Crippen MR) is 143 cm³/mol. The first-order valence-electron chi connectivity index (χ1n) is 12.4. The molecule has 0 saturated heterocycles. The van der Waals surface area contributed by atoms with E-state index in [9.17, 15) is 19.1 Å². The third-order valence-electron chi connectivity index (χ3n) is 6.99. The number of aryl methyl sites for hydroxylation is 2. The second kappa shape index (κ2) is 9.85. The summed E-state index contributed by atoms with van der Waals surface area (Å²) in [6.45, 7) is 6.40. The van der Waals surface area contributed by atoms with E-state index in [-0.39, 0.29) is 30.9 Å². The second-order valence-electron chi connectivity index (χ2n) is 9.82. The topological polar surface area (TPSA) is 81.0 Å². The van der Waals surface area contributed by atoms with Gasteiger partial charge in [-0.15, -0.1) is 0 Å². The van der Waals surface area contributed by atoms with Crippen LogP contribution in [0, 0.1) is 26.6 Å². The number of hydrogen-bond donors (Lipinski definition) is 1. The Labute approximate surface area is 220 Å². The molecule has 0 radical (unpaired) electrons. The lowest BCUT2D eigenvalue weighted by atomic mass is 10.1. The fourth-order valence-electron chi connectivity index (χ4n) is 5.10. The highest BCUT2D eigenvalue weighted by Gasteiger charge is 2.25. The fraction of sp³-hybridized carbons (Fsp3) is 0.267. The van der Waals surface area contributed by atoms with Crippen molar-refractivity contribution >= 4 is 28.5 Å². The summed E-state index contributed by atoms with van der Waals surface area (Å²) in [5.41, 5.74) is 4.89. The van der Waals surface area contributed by atoms with Crippen LogP contribution in [0.5, 0.6) is 11.5 Å². The lowest BCUT2D eigenvalue weighted by Gasteiger charge is -2.33. The molecule has 1 aliphatic heterocycles. The van der Waals surface area contributed by atoms with Crippen molar-refractivity contribution in [3.8, 4) is 11.5 Å². The van der Waals surface area contributed by atoms with E-state index in [0.29, 0.717) is 46.1 Å². The average Bonchev–Trinajstić information content (AvgIpc) is 3.13. The second-order valence-corrected chi connectivity index (χ2v) is 9.82. The van der Waals surface area contributed by atoms with Crippen molar-refractivity contribution in [1.29, 1.82) is 0 Å². The number of ether oxygens (including phenoxy) is 2. The Hall–Kier alpha value is -4.33. The summed E-state index contributed by atoms with van der Waals surface area (Å²) < 4.78 is 27.2. The van der Waals surface area contributed by atoms with E-state index in [1.165, 1.54) is 12.1 Å². The molecule has 38 heavy (non-hydrogen) atoms. The Morgan fingerprint density at radius 1 is 1.08 bits per heavy atom. The van der Waals surface area contributed by atoms with Gasteiger partial charge in [-0.2, -0.15) is 0 Å². The third kappa shape index (κ3) is 4.69. The van der Waals surface area contributed by atoms with Gasteiger partial charge in [-0.25, -0.2) is 4.39 Å². The Balaban J connectivity index is 1.36. The molecule has 8 heteroatoms. The van der Waals surface area contributed by atoms with E-state index in [4.69, 9.17) is 9.47 Å². The van der Waals surface area contributed by atoms with E-state index >= 15 is 0 Å². The normalized spacial score (nSPS) is 14.8. The number of anilines is 1. The number of carbonyl (C=O) groups excluding carboxylic acids is 1. The van der Waals surface area contributed by atoms with Crippen LogP contribution in [0.4, 0.5) is 10.1 Å². The van der Waals surface area contributed by atoms with Crippen LogP contribution in [0.1, 0.15) is 32.7 Å². The molecule has 1 atom stereocenters. The number of hydrogen-bond acceptors (Lipinski definition) is 5. The fourth-order valence-corrected chi connectivity index (χ4v) is 5.10. The van der Waals surface area contributed by atoms with Crippen molar-refractivity contribution < 1.29 is 28.6 Å². The predicted octanol–water partition coefficient (Wildman–Crippen LogP) is 5.30. The summed E-state index contributed by atoms with van der Waals surface area (Å²) >= 11 is 0. The van der Waals surface area contributed by atoms with Gasteiger partial charge in [-0.3, -0.25) is 14.2 Å². The van der Waals surface area contributed by atoms with Crippen molar-refractivity contribution in [3.63, 3.8) is 0 Å². The Morgan fingerprint density at radius 2 is 1.87 bits per heavy atom. The number of carboxylic acid groups (broad SMARTS) is 1. The van der Waals surface area contributed by atoms with Crippen molar-refractivity contribution in [3.05, 3.63) is 88.4 Å². The summed E-state index contributed by atoms with van der Waals surface area (Å²) in [5.74, 6) is -0.264. The quantitative estimate of drug-likeness (QED) is 0.375. The lowest BCUT2D eigenvalue weighted by Crippen LogP contribution is -2.41. The lowest BCUT2D eigenvalue weighted by molar-refractivity contribution is -0.136. The van der Waals surface area contributed by atoms with E-state index < -0.39 is 5.97 Å². The SMILES string of the molecule is Cc1ccc2c(c1)c(CC(=O)O)c(C)n2C(=O)c1ccc(OC[C@@H]2CN(C)c3cc(F)ccc3O2)cc1C. The molecule has 1 N–H and O–H groups in total. The van der Waals surface area contributed by atoms with E-state index in [1.807, 2.05) is 50.1 Å². The number of rotatable bonds is 6. The number of carbonyl (C=O) groups is 2. The zero-order chi connectivity index (χ0) is 27.1. The van der Waals surface area contributed by atoms with Crippen LogP contribution in [0.2, 0.25) is 0 Å². The standard InChI is InChI=1S/C30H29FN2O5/c1-17-5-9-26-25(11-17)24(14-29(34)35)19(3)33(26)30(36)23-8-7-21(12-18(23)2)37-16-22-15-32(4)27-13-20(31)6-10-28(27)38-22/h5-13,22H,14-16H2,1-4H3,(H,34,35)/t22-/m0/s1. The van der Waals surface area contributed by atoms with Crippen LogP contribution in [0.15, 0.2) is 54.6 Å². The van der Waals surface area contributed by atoms with Gasteiger partial charge in [-0.05, 0) is 74.4 Å². The average molecular weight is 517 g/mol. The zero-order valence-corrected chi connectivity index (χ0v) is 21.7. The maximum absolute atomic E-state index is 13.7. The maximum atomic E-state index is 13.7. The van der Waals surface area contributed by atoms with Gasteiger partial charge in [0.2, 0.25) is 0 Å². The summed E-state index contributed by atoms with van der Waals surface area (Å²) in [7, 11) is 1.88. The molecule has 0 bridgehead atoms. The molecule has 1 aromatic heterocycles. The van der Waals surface area contributed by atoms with Gasteiger partial charge in [0.25, 0.3) is 5.91 Å². The van der Waals surface area contributed by atoms with Gasteiger partial charge in [0, 0.05) is 29.8 Å². The monoisotopic (exact) mass is 516 g/mol. The minimum absolute atomic E-state index is 0.157. The van der Waals surface area contributed by atoms with Crippen molar-refractivity contribution in [2.24, 2.45) is 0 Å². The Morgan fingerprint density at radius 3 is 2.61 bits per heavy atom. The Kier molecular flexibility index (Phi) is 6.57. The number of aliphatic carboxylic acids is 1. The first-order chi connectivity index (χ1) is 18.1. The molecule has 4 aromatic rings. The highest BCUT2D eigenvalue weighted by Crippen LogP contribution is 2.33. The van der Waals surface area contributed by atoms with E-state index in [0.717, 1.165) is 16.5 Å². The van der Waals surface area contributed by atoms with E-state index in [1.54, 1.807) is 29.7 Å². The first kappa shape index (κ1) is 25.3. The number of halogens is 1. The van der Waals surface area contributed by atoms with Crippen molar-refractivity contribution in [2.45, 2.75) is 33.3 Å². The number of fused-ring (bicyclic) bond motifs is 2. The zero-order valence-electron chi connectivity index (χ0n) is 21.7. The molecular weight excluding hydrogens is 487 g/mol. The molecule has 0 fully saturated rings. The molecule has 196 valence electrons. The molecular formula is C30H29FN2O5. The van der Waals surface area contributed by atoms with Crippen LogP contribution in [-0.2, 0) is 11.2 Å². The molecule has 2 heterocycles. The first-order valence-corrected chi connectivity index (χ1v) is 12.4. The molecule has 1 aliphatic rings. The molecule has 0 amide bonds. The van der Waals surface area contributed by atoms with Gasteiger partial charge in [0.05, 0.1) is 24.2 Å². The number of nitrogens with zero attached hydrogens (tertiary/aromatic N) is 2. The maximum Gasteiger partial charge on any atom is 0.307 e. The van der Waals surface area contributed by atoms with Crippen LogP contribution in [-0.4, -0.2) is 47.9 Å². The van der Waals surface area contributed by atoms with Gasteiger partial charge in [0.1, 0.15) is 30.0 Å². The smallest absolute Gasteiger partial charge is 0.307 e. The molecule has 0 spiro atoms. The van der Waals surface area contributed by atoms with E-state index in [2.05, 4.69) is 0 Å². The van der Waals surface area contributed by atoms with Crippen LogP contribution < -0.4 is 14.4 Å². The van der Waals surface area contributed by atoms with Gasteiger partial charge < -0.3 is 19.5 Å². The van der Waals surface area contributed by atoms with Crippen LogP contribution in [0.3, 0.4) is 0 Å². The molecule has 0 unspecified atom stereocenters. The van der Waals surface area contributed by atoms with Crippen LogP contribution >= 0.6 is 0 Å². The molecule has 3 aromatic carbocycles. The van der Waals surface area contributed by atoms with Gasteiger partial charge >= 0.3 is 5.97 Å². The summed E-state index contributed by atoms with van der Waals surface area (Å²) in [6, 6.07) is 15.4. The Bertz CT molecular complexity index is 1570. The minimum Gasteiger partial charge on any atom is -0.490 e. The molecule has 7 nitrogen and oxygen atoms in total. The number of likely N-dealkylation sites (N-methyl/N-ethyl adjacent to an activating group) is 1. The van der Waals surface area contributed by atoms with Gasteiger partial charge in [0.15, 0.2) is 0 Å². The largest absolute Gasteiger partial charge is 0.490 e. The summed E-state index contributed by atoms with van der Waals surface area (Å²) in [4.78, 5) is 27.2. The summed E-state index contributed by atoms with van der Waals surface area (Å²) in [5, 5.41) is 10.2. The molecule has 0 saturated carbocycles. The van der Waals surface area contributed by atoms with Gasteiger partial charge in [-0.1, -0.05) is 11.6 Å².